The molecule has 1 N–H and O–H groups in total. The van der Waals surface area contributed by atoms with Crippen molar-refractivity contribution in [1.82, 2.24) is 14.5 Å². The van der Waals surface area contributed by atoms with Gasteiger partial charge < -0.3 is 28.6 Å². The Bertz CT molecular complexity index is 1450. The van der Waals surface area contributed by atoms with Crippen molar-refractivity contribution in [3.05, 3.63) is 59.8 Å². The summed E-state index contributed by atoms with van der Waals surface area (Å²) in [7, 11) is 4.90. The molecule has 0 saturated heterocycles. The molecule has 37 heavy (non-hydrogen) atoms. The van der Waals surface area contributed by atoms with Crippen LogP contribution in [0.5, 0.6) is 23.0 Å². The number of rotatable bonds is 10. The molecule has 1 atom stereocenters. The highest BCUT2D eigenvalue weighted by Gasteiger charge is 2.29. The van der Waals surface area contributed by atoms with Gasteiger partial charge in [0.15, 0.2) is 23.0 Å². The number of methoxy groups -OCH3 is 2. The van der Waals surface area contributed by atoms with Crippen molar-refractivity contribution in [2.75, 3.05) is 27.4 Å². The van der Waals surface area contributed by atoms with Crippen LogP contribution in [0.3, 0.4) is 0 Å². The number of carboxylic acid groups (broad SMARTS) is 1. The minimum atomic E-state index is -1.14. The minimum Gasteiger partial charge on any atom is -0.493 e. The summed E-state index contributed by atoms with van der Waals surface area (Å²) < 4.78 is 24.4. The third-order valence-corrected chi connectivity index (χ3v) is 6.40. The van der Waals surface area contributed by atoms with E-state index in [9.17, 15) is 9.90 Å². The number of aromatic nitrogens is 3. The molecule has 2 aromatic heterocycles. The van der Waals surface area contributed by atoms with Gasteiger partial charge in [-0.25, -0.2) is 9.78 Å². The Hall–Kier alpha value is -3.92. The first kappa shape index (κ1) is 26.2. The maximum atomic E-state index is 12.9. The smallest absolute Gasteiger partial charge is 0.338 e. The van der Waals surface area contributed by atoms with Crippen LogP contribution in [0.4, 0.5) is 0 Å². The molecular formula is C27H29N3O6S. The molecule has 4 rings (SSSR count). The topological polar surface area (TPSA) is 105 Å². The number of aryl methyl sites for hydroxylation is 1. The van der Waals surface area contributed by atoms with E-state index >= 15 is 0 Å². The molecule has 2 heterocycles. The van der Waals surface area contributed by atoms with Crippen molar-refractivity contribution in [3.63, 3.8) is 0 Å². The Morgan fingerprint density at radius 1 is 1.03 bits per heavy atom. The van der Waals surface area contributed by atoms with Crippen LogP contribution in [0.15, 0.2) is 42.7 Å². The Labute approximate surface area is 220 Å². The minimum absolute atomic E-state index is 0.00864. The van der Waals surface area contributed by atoms with Crippen LogP contribution >= 0.6 is 12.6 Å². The summed E-state index contributed by atoms with van der Waals surface area (Å²) in [5, 5.41) is 10.4. The number of imidazole rings is 1. The second kappa shape index (κ2) is 11.0. The average molecular weight is 524 g/mol. The highest BCUT2D eigenvalue weighted by molar-refractivity contribution is 7.80. The van der Waals surface area contributed by atoms with Gasteiger partial charge in [0.1, 0.15) is 11.1 Å². The van der Waals surface area contributed by atoms with Crippen LogP contribution in [-0.2, 0) is 7.05 Å². The molecule has 0 aliphatic rings. The van der Waals surface area contributed by atoms with Gasteiger partial charge in [0.2, 0.25) is 0 Å². The summed E-state index contributed by atoms with van der Waals surface area (Å²) in [5.41, 5.74) is 1.86. The van der Waals surface area contributed by atoms with Crippen LogP contribution in [-0.4, -0.2) is 53.0 Å². The summed E-state index contributed by atoms with van der Waals surface area (Å²) in [6, 6.07) is 8.81. The maximum absolute atomic E-state index is 12.9. The fourth-order valence-corrected chi connectivity index (χ4v) is 4.73. The molecule has 0 bridgehead atoms. The summed E-state index contributed by atoms with van der Waals surface area (Å²) in [5.74, 6) is 1.42. The number of carbonyl (C=O) groups is 1. The first-order chi connectivity index (χ1) is 17.8. The van der Waals surface area contributed by atoms with Gasteiger partial charge in [-0.05, 0) is 37.6 Å². The lowest BCUT2D eigenvalue weighted by Gasteiger charge is -2.21. The van der Waals surface area contributed by atoms with E-state index in [0.717, 1.165) is 0 Å². The molecule has 0 aliphatic carbocycles. The summed E-state index contributed by atoms with van der Waals surface area (Å²) in [4.78, 5) is 22.0. The predicted molar refractivity (Wildman–Crippen MR) is 144 cm³/mol. The van der Waals surface area contributed by atoms with Crippen molar-refractivity contribution >= 4 is 29.5 Å². The third kappa shape index (κ3) is 4.89. The van der Waals surface area contributed by atoms with Crippen LogP contribution < -0.4 is 18.9 Å². The zero-order valence-electron chi connectivity index (χ0n) is 21.3. The molecule has 9 nitrogen and oxygen atoms in total. The van der Waals surface area contributed by atoms with E-state index in [1.807, 2.05) is 20.9 Å². The second-order valence-electron chi connectivity index (χ2n) is 8.10. The molecule has 4 aromatic rings. The Balaban J connectivity index is 2.14. The monoisotopic (exact) mass is 523 g/mol. The predicted octanol–water partition coefficient (Wildman–Crippen LogP) is 5.17. The summed E-state index contributed by atoms with van der Waals surface area (Å²) in [6.45, 7) is 4.59. The first-order valence-electron chi connectivity index (χ1n) is 11.7. The van der Waals surface area contributed by atoms with Gasteiger partial charge in [0, 0.05) is 36.5 Å². The molecule has 0 spiro atoms. The van der Waals surface area contributed by atoms with Gasteiger partial charge in [-0.15, -0.1) is 0 Å². The lowest BCUT2D eigenvalue weighted by Crippen LogP contribution is -2.13. The van der Waals surface area contributed by atoms with Crippen molar-refractivity contribution in [3.8, 4) is 34.1 Å². The fraction of sp³-hybridized carbons (Fsp3) is 0.296. The first-order valence-corrected chi connectivity index (χ1v) is 12.2. The lowest BCUT2D eigenvalue weighted by molar-refractivity contribution is 0.0696. The van der Waals surface area contributed by atoms with Gasteiger partial charge in [-0.2, -0.15) is 12.6 Å². The number of hydrogen-bond acceptors (Lipinski definition) is 8. The van der Waals surface area contributed by atoms with E-state index in [2.05, 4.69) is 4.98 Å². The van der Waals surface area contributed by atoms with E-state index in [-0.39, 0.29) is 11.3 Å². The second-order valence-corrected chi connectivity index (χ2v) is 8.62. The average Bonchev–Trinajstić information content (AvgIpc) is 3.33. The van der Waals surface area contributed by atoms with E-state index in [1.165, 1.54) is 7.11 Å². The zero-order chi connectivity index (χ0) is 26.7. The SMILES string of the molecule is CCOc1cc2nc(C(S)c3nccn3C)c(C(=O)O)c(-c3ccc(OC)c(OC)c3)c2cc1OCC. The largest absolute Gasteiger partial charge is 0.493 e. The molecular weight excluding hydrogens is 494 g/mol. The molecule has 0 saturated carbocycles. The molecule has 0 amide bonds. The van der Waals surface area contributed by atoms with E-state index < -0.39 is 11.2 Å². The number of fused-ring (bicyclic) bond motifs is 1. The summed E-state index contributed by atoms with van der Waals surface area (Å²) >= 11 is 4.78. The lowest BCUT2D eigenvalue weighted by atomic mass is 9.92. The number of carboxylic acids is 1. The standard InChI is InChI=1S/C27H29N3O6S/c1-6-35-20-13-16-17(14-21(20)36-7-2)29-24(25(37)26-28-10-11-30(26)3)23(27(31)32)22(16)15-8-9-18(33-4)19(12-15)34-5/h8-14,25,37H,6-7H2,1-5H3,(H,31,32). The van der Waals surface area contributed by atoms with E-state index in [1.54, 1.807) is 54.4 Å². The van der Waals surface area contributed by atoms with Crippen molar-refractivity contribution in [2.45, 2.75) is 19.1 Å². The highest BCUT2D eigenvalue weighted by atomic mass is 32.1. The van der Waals surface area contributed by atoms with Crippen molar-refractivity contribution < 1.29 is 28.8 Å². The Kier molecular flexibility index (Phi) is 7.77. The van der Waals surface area contributed by atoms with Crippen LogP contribution in [0.2, 0.25) is 0 Å². The molecule has 2 aromatic carbocycles. The van der Waals surface area contributed by atoms with Gasteiger partial charge in [0.05, 0.1) is 44.2 Å². The highest BCUT2D eigenvalue weighted by Crippen LogP contribution is 2.44. The Morgan fingerprint density at radius 3 is 2.27 bits per heavy atom. The normalized spacial score (nSPS) is 11.8. The van der Waals surface area contributed by atoms with Crippen LogP contribution in [0.1, 0.15) is 41.0 Å². The fourth-order valence-electron chi connectivity index (χ4n) is 4.30. The van der Waals surface area contributed by atoms with E-state index in [0.29, 0.717) is 64.1 Å². The zero-order valence-corrected chi connectivity index (χ0v) is 22.2. The molecule has 0 fully saturated rings. The van der Waals surface area contributed by atoms with Gasteiger partial charge in [-0.3, -0.25) is 4.98 Å². The van der Waals surface area contributed by atoms with Crippen LogP contribution in [0.25, 0.3) is 22.0 Å². The molecule has 10 heteroatoms. The number of hydrogen-bond donors (Lipinski definition) is 2. The van der Waals surface area contributed by atoms with Gasteiger partial charge >= 0.3 is 5.97 Å². The number of aromatic carboxylic acids is 1. The Morgan fingerprint density at radius 2 is 1.70 bits per heavy atom. The van der Waals surface area contributed by atoms with Crippen molar-refractivity contribution in [2.24, 2.45) is 7.05 Å². The molecule has 194 valence electrons. The molecule has 0 aliphatic heterocycles. The quantitative estimate of drug-likeness (QED) is 0.275. The van der Waals surface area contributed by atoms with Crippen LogP contribution in [0, 0.1) is 0 Å². The number of ether oxygens (including phenoxy) is 4. The molecule has 1 unspecified atom stereocenters. The third-order valence-electron chi connectivity index (χ3n) is 5.93. The molecule has 0 radical (unpaired) electrons. The van der Waals surface area contributed by atoms with Gasteiger partial charge in [0.25, 0.3) is 0 Å². The number of benzene rings is 2. The van der Waals surface area contributed by atoms with E-state index in [4.69, 9.17) is 36.6 Å². The van der Waals surface area contributed by atoms with Gasteiger partial charge in [-0.1, -0.05) is 6.07 Å². The number of thiol groups is 1. The number of nitrogens with zero attached hydrogens (tertiary/aromatic N) is 3. The maximum Gasteiger partial charge on any atom is 0.338 e. The summed E-state index contributed by atoms with van der Waals surface area (Å²) in [6.07, 6.45) is 3.41. The number of pyridine rings is 1. The van der Waals surface area contributed by atoms with Crippen molar-refractivity contribution in [1.29, 1.82) is 0 Å².